The second-order valence-corrected chi connectivity index (χ2v) is 5.77. The number of ether oxygens (including phenoxy) is 1. The van der Waals surface area contributed by atoms with Gasteiger partial charge in [0.2, 0.25) is 0 Å². The second kappa shape index (κ2) is 8.70. The molecule has 4 nitrogen and oxygen atoms in total. The lowest BCUT2D eigenvalue weighted by Gasteiger charge is -2.15. The van der Waals surface area contributed by atoms with Gasteiger partial charge in [0.1, 0.15) is 5.75 Å². The number of urea groups is 1. The lowest BCUT2D eigenvalue weighted by Crippen LogP contribution is -2.36. The highest BCUT2D eigenvalue weighted by Gasteiger charge is 2.28. The third kappa shape index (κ3) is 6.76. The van der Waals surface area contributed by atoms with Crippen LogP contribution in [0.5, 0.6) is 5.75 Å². The van der Waals surface area contributed by atoms with E-state index in [-0.39, 0.29) is 12.3 Å². The summed E-state index contributed by atoms with van der Waals surface area (Å²) in [5, 5.41) is 5.14. The van der Waals surface area contributed by atoms with Gasteiger partial charge < -0.3 is 15.4 Å². The van der Waals surface area contributed by atoms with Crippen LogP contribution in [0.15, 0.2) is 42.5 Å². The van der Waals surface area contributed by atoms with Crippen LogP contribution in [0.4, 0.5) is 26.7 Å². The Bertz CT molecular complexity index is 778. The van der Waals surface area contributed by atoms with Crippen LogP contribution in [0.2, 0.25) is 0 Å². The Morgan fingerprint density at radius 2 is 1.74 bits per heavy atom. The Morgan fingerprint density at radius 1 is 1.07 bits per heavy atom. The molecule has 0 bridgehead atoms. The summed E-state index contributed by atoms with van der Waals surface area (Å²) < 4.78 is 67.0. The van der Waals surface area contributed by atoms with Gasteiger partial charge in [-0.25, -0.2) is 13.6 Å². The van der Waals surface area contributed by atoms with Crippen LogP contribution in [-0.4, -0.2) is 18.8 Å². The Hall–Kier alpha value is -2.84. The molecule has 0 aliphatic carbocycles. The maximum atomic E-state index is 13.2. The first-order chi connectivity index (χ1) is 12.6. The zero-order valence-corrected chi connectivity index (χ0v) is 14.2. The van der Waals surface area contributed by atoms with Gasteiger partial charge >= 0.3 is 12.2 Å². The molecule has 2 aromatic carbocycles. The molecule has 0 aliphatic heterocycles. The van der Waals surface area contributed by atoms with Gasteiger partial charge in [-0.15, -0.1) is 0 Å². The SMILES string of the molecule is C[C@H](NC(=O)NCc1ccc(OCC(F)(F)F)cc1)c1ccc(F)c(F)c1. The smallest absolute Gasteiger partial charge is 0.422 e. The van der Waals surface area contributed by atoms with E-state index in [1.165, 1.54) is 30.3 Å². The first-order valence-corrected chi connectivity index (χ1v) is 7.92. The Balaban J connectivity index is 1.81. The number of alkyl halides is 3. The first kappa shape index (κ1) is 20.5. The van der Waals surface area contributed by atoms with Crippen molar-refractivity contribution in [2.24, 2.45) is 0 Å². The van der Waals surface area contributed by atoms with Crippen LogP contribution < -0.4 is 15.4 Å². The summed E-state index contributed by atoms with van der Waals surface area (Å²) in [7, 11) is 0. The molecule has 0 saturated carbocycles. The van der Waals surface area contributed by atoms with Crippen LogP contribution in [-0.2, 0) is 6.54 Å². The maximum absolute atomic E-state index is 13.2. The van der Waals surface area contributed by atoms with Crippen molar-refractivity contribution >= 4 is 6.03 Å². The zero-order valence-electron chi connectivity index (χ0n) is 14.2. The lowest BCUT2D eigenvalue weighted by molar-refractivity contribution is -0.153. The molecule has 2 amide bonds. The van der Waals surface area contributed by atoms with Gasteiger partial charge in [-0.1, -0.05) is 18.2 Å². The summed E-state index contributed by atoms with van der Waals surface area (Å²) in [6.07, 6.45) is -4.41. The van der Waals surface area contributed by atoms with Crippen LogP contribution in [0.25, 0.3) is 0 Å². The fourth-order valence-corrected chi connectivity index (χ4v) is 2.16. The minimum Gasteiger partial charge on any atom is -0.484 e. The Morgan fingerprint density at radius 3 is 2.33 bits per heavy atom. The largest absolute Gasteiger partial charge is 0.484 e. The number of carbonyl (C=O) groups is 1. The molecule has 2 aromatic rings. The molecule has 0 heterocycles. The summed E-state index contributed by atoms with van der Waals surface area (Å²) in [6, 6.07) is 8.01. The summed E-state index contributed by atoms with van der Waals surface area (Å²) in [4.78, 5) is 11.9. The van der Waals surface area contributed by atoms with E-state index in [0.717, 1.165) is 12.1 Å². The molecule has 146 valence electrons. The van der Waals surface area contributed by atoms with Crippen LogP contribution in [0, 0.1) is 11.6 Å². The van der Waals surface area contributed by atoms with Crippen molar-refractivity contribution in [1.29, 1.82) is 0 Å². The molecule has 0 aliphatic rings. The quantitative estimate of drug-likeness (QED) is 0.718. The highest BCUT2D eigenvalue weighted by Crippen LogP contribution is 2.19. The van der Waals surface area contributed by atoms with E-state index in [4.69, 9.17) is 0 Å². The average Bonchev–Trinajstić information content (AvgIpc) is 2.60. The number of amides is 2. The van der Waals surface area contributed by atoms with E-state index in [2.05, 4.69) is 15.4 Å². The number of rotatable bonds is 6. The van der Waals surface area contributed by atoms with E-state index < -0.39 is 36.5 Å². The highest BCUT2D eigenvalue weighted by atomic mass is 19.4. The third-order valence-corrected chi connectivity index (χ3v) is 3.57. The van der Waals surface area contributed by atoms with Gasteiger partial charge in [-0.2, -0.15) is 13.2 Å². The topological polar surface area (TPSA) is 50.4 Å². The van der Waals surface area contributed by atoms with Crippen molar-refractivity contribution < 1.29 is 31.5 Å². The molecule has 9 heteroatoms. The average molecular weight is 388 g/mol. The fraction of sp³-hybridized carbons (Fsp3) is 0.278. The molecule has 0 radical (unpaired) electrons. The minimum atomic E-state index is -4.41. The van der Waals surface area contributed by atoms with Gasteiger partial charge in [0.05, 0.1) is 6.04 Å². The summed E-state index contributed by atoms with van der Waals surface area (Å²) in [5.41, 5.74) is 1.04. The standard InChI is InChI=1S/C18H17F5N2O2/c1-11(13-4-7-15(19)16(20)8-13)25-17(26)24-9-12-2-5-14(6-3-12)27-10-18(21,22)23/h2-8,11H,9-10H2,1H3,(H2,24,25,26)/t11-/m0/s1. The third-order valence-electron chi connectivity index (χ3n) is 3.57. The number of hydrogen-bond acceptors (Lipinski definition) is 2. The number of carbonyl (C=O) groups excluding carboxylic acids is 1. The van der Waals surface area contributed by atoms with E-state index in [1.54, 1.807) is 6.92 Å². The highest BCUT2D eigenvalue weighted by molar-refractivity contribution is 5.74. The normalized spacial score (nSPS) is 12.4. The number of nitrogens with one attached hydrogen (secondary N) is 2. The van der Waals surface area contributed by atoms with E-state index in [9.17, 15) is 26.7 Å². The number of benzene rings is 2. The predicted octanol–water partition coefficient (Wildman–Crippen LogP) is 4.47. The minimum absolute atomic E-state index is 0.0625. The van der Waals surface area contributed by atoms with Gasteiger partial charge in [-0.05, 0) is 42.3 Å². The molecular formula is C18H17F5N2O2. The Labute approximate surface area is 152 Å². The summed E-state index contributed by atoms with van der Waals surface area (Å²) in [6.45, 7) is 0.351. The van der Waals surface area contributed by atoms with Gasteiger partial charge in [-0.3, -0.25) is 0 Å². The van der Waals surface area contributed by atoms with Crippen molar-refractivity contribution in [2.75, 3.05) is 6.61 Å². The van der Waals surface area contributed by atoms with Crippen molar-refractivity contribution in [2.45, 2.75) is 25.7 Å². The monoisotopic (exact) mass is 388 g/mol. The van der Waals surface area contributed by atoms with Gasteiger partial charge in [0, 0.05) is 6.54 Å². The Kier molecular flexibility index (Phi) is 6.59. The summed E-state index contributed by atoms with van der Waals surface area (Å²) >= 11 is 0. The van der Waals surface area contributed by atoms with Gasteiger partial charge in [0.15, 0.2) is 18.2 Å². The molecule has 27 heavy (non-hydrogen) atoms. The number of hydrogen-bond donors (Lipinski definition) is 2. The van der Waals surface area contributed by atoms with Crippen molar-refractivity contribution in [1.82, 2.24) is 10.6 Å². The lowest BCUT2D eigenvalue weighted by atomic mass is 10.1. The molecule has 2 N–H and O–H groups in total. The molecule has 2 rings (SSSR count). The second-order valence-electron chi connectivity index (χ2n) is 5.77. The van der Waals surface area contributed by atoms with Crippen LogP contribution in [0.1, 0.15) is 24.1 Å². The first-order valence-electron chi connectivity index (χ1n) is 7.92. The molecule has 0 unspecified atom stereocenters. The van der Waals surface area contributed by atoms with Crippen molar-refractivity contribution in [3.63, 3.8) is 0 Å². The van der Waals surface area contributed by atoms with Crippen molar-refractivity contribution in [3.05, 3.63) is 65.2 Å². The molecule has 1 atom stereocenters. The number of halogens is 5. The fourth-order valence-electron chi connectivity index (χ4n) is 2.16. The van der Waals surface area contributed by atoms with Crippen LogP contribution in [0.3, 0.4) is 0 Å². The molecule has 0 saturated heterocycles. The predicted molar refractivity (Wildman–Crippen MR) is 88.1 cm³/mol. The van der Waals surface area contributed by atoms with Gasteiger partial charge in [0.25, 0.3) is 0 Å². The van der Waals surface area contributed by atoms with Crippen LogP contribution >= 0.6 is 0 Å². The van der Waals surface area contributed by atoms with Crippen molar-refractivity contribution in [3.8, 4) is 5.75 Å². The molecule has 0 fully saturated rings. The zero-order chi connectivity index (χ0) is 20.0. The molecule has 0 aromatic heterocycles. The van der Waals surface area contributed by atoms with E-state index in [1.807, 2.05) is 0 Å². The maximum Gasteiger partial charge on any atom is 0.422 e. The van der Waals surface area contributed by atoms with E-state index >= 15 is 0 Å². The summed E-state index contributed by atoms with van der Waals surface area (Å²) in [5.74, 6) is -1.92. The molecule has 0 spiro atoms. The molecular weight excluding hydrogens is 371 g/mol. The van der Waals surface area contributed by atoms with E-state index in [0.29, 0.717) is 11.1 Å².